The van der Waals surface area contributed by atoms with E-state index < -0.39 is 0 Å². The molecule has 5 nitrogen and oxygen atoms in total. The van der Waals surface area contributed by atoms with Crippen molar-refractivity contribution in [3.8, 4) is 0 Å². The third-order valence-electron chi connectivity index (χ3n) is 2.25. The van der Waals surface area contributed by atoms with E-state index in [0.717, 1.165) is 18.1 Å². The number of guanidine groups is 1. The van der Waals surface area contributed by atoms with Gasteiger partial charge in [0, 0.05) is 35.2 Å². The molecule has 0 aliphatic rings. The highest BCUT2D eigenvalue weighted by atomic mass is 15.3. The molecule has 0 rings (SSSR count). The van der Waals surface area contributed by atoms with Crippen molar-refractivity contribution in [3.63, 3.8) is 0 Å². The number of hydrogen-bond donors (Lipinski definition) is 1. The van der Waals surface area contributed by atoms with Gasteiger partial charge in [-0.2, -0.15) is 0 Å². The molecule has 0 bridgehead atoms. The van der Waals surface area contributed by atoms with Gasteiger partial charge < -0.3 is 15.1 Å². The first-order chi connectivity index (χ1) is 7.92. The van der Waals surface area contributed by atoms with E-state index in [9.17, 15) is 0 Å². The largest absolute Gasteiger partial charge is 0.366 e. The maximum Gasteiger partial charge on any atom is 0.225 e. The van der Waals surface area contributed by atoms with Crippen LogP contribution < -0.4 is 5.32 Å². The summed E-state index contributed by atoms with van der Waals surface area (Å²) in [4.78, 5) is 12.5. The molecule has 5 heteroatoms. The van der Waals surface area contributed by atoms with Crippen LogP contribution in [0.2, 0.25) is 0 Å². The van der Waals surface area contributed by atoms with Crippen LogP contribution in [0.25, 0.3) is 0 Å². The summed E-state index contributed by atoms with van der Waals surface area (Å²) in [5.41, 5.74) is 0. The molecule has 0 radical (unpaired) electrons. The van der Waals surface area contributed by atoms with Crippen LogP contribution in [0.1, 0.15) is 20.3 Å². The van der Waals surface area contributed by atoms with Crippen molar-refractivity contribution < 1.29 is 0 Å². The number of aliphatic imine (C=N–C) groups is 2. The molecule has 0 aliphatic carbocycles. The zero-order chi connectivity index (χ0) is 13.4. The summed E-state index contributed by atoms with van der Waals surface area (Å²) < 4.78 is 0. The average Bonchev–Trinajstić information content (AvgIpc) is 2.26. The Bertz CT molecular complexity index is 313. The van der Waals surface area contributed by atoms with Crippen LogP contribution in [-0.2, 0) is 0 Å². The Hall–Kier alpha value is -1.52. The van der Waals surface area contributed by atoms with E-state index in [2.05, 4.69) is 28.3 Å². The molecule has 0 atom stereocenters. The van der Waals surface area contributed by atoms with Crippen LogP contribution in [0, 0.1) is 0 Å². The average molecular weight is 239 g/mol. The van der Waals surface area contributed by atoms with Crippen molar-refractivity contribution in [3.05, 3.63) is 11.9 Å². The highest BCUT2D eigenvalue weighted by Crippen LogP contribution is 1.97. The van der Waals surface area contributed by atoms with Gasteiger partial charge in [0.2, 0.25) is 5.96 Å². The van der Waals surface area contributed by atoms with E-state index in [1.807, 2.05) is 44.9 Å². The van der Waals surface area contributed by atoms with Crippen molar-refractivity contribution in [1.29, 1.82) is 0 Å². The molecule has 0 unspecified atom stereocenters. The molecule has 0 aromatic rings. The number of amidine groups is 1. The molecule has 98 valence electrons. The summed E-state index contributed by atoms with van der Waals surface area (Å²) in [7, 11) is 9.63. The quantitative estimate of drug-likeness (QED) is 0.597. The topological polar surface area (TPSA) is 43.2 Å². The van der Waals surface area contributed by atoms with E-state index in [-0.39, 0.29) is 0 Å². The fraction of sp³-hybridized carbons (Fsp3) is 0.667. The molecule has 0 aliphatic heterocycles. The van der Waals surface area contributed by atoms with Crippen LogP contribution in [0.3, 0.4) is 0 Å². The van der Waals surface area contributed by atoms with Gasteiger partial charge in [0.1, 0.15) is 11.7 Å². The molecular weight excluding hydrogens is 214 g/mol. The van der Waals surface area contributed by atoms with E-state index in [0.29, 0.717) is 5.96 Å². The van der Waals surface area contributed by atoms with Crippen LogP contribution in [0.15, 0.2) is 21.9 Å². The summed E-state index contributed by atoms with van der Waals surface area (Å²) in [6, 6.07) is 0. The number of allylic oxidation sites excluding steroid dienone is 1. The highest BCUT2D eigenvalue weighted by Gasteiger charge is 2.03. The van der Waals surface area contributed by atoms with Crippen molar-refractivity contribution >= 4 is 11.8 Å². The third kappa shape index (κ3) is 5.94. The zero-order valence-electron chi connectivity index (χ0n) is 12.1. The first-order valence-electron chi connectivity index (χ1n) is 5.76. The van der Waals surface area contributed by atoms with Crippen molar-refractivity contribution in [1.82, 2.24) is 15.1 Å². The first kappa shape index (κ1) is 15.5. The van der Waals surface area contributed by atoms with Gasteiger partial charge in [-0.05, 0) is 19.4 Å². The summed E-state index contributed by atoms with van der Waals surface area (Å²) >= 11 is 0. The maximum absolute atomic E-state index is 4.41. The van der Waals surface area contributed by atoms with Crippen LogP contribution in [0.4, 0.5) is 0 Å². The van der Waals surface area contributed by atoms with Crippen LogP contribution in [-0.4, -0.2) is 56.8 Å². The molecule has 0 heterocycles. The van der Waals surface area contributed by atoms with Gasteiger partial charge in [-0.25, -0.2) is 4.99 Å². The van der Waals surface area contributed by atoms with E-state index in [4.69, 9.17) is 0 Å². The Morgan fingerprint density at radius 3 is 2.12 bits per heavy atom. The van der Waals surface area contributed by atoms with Gasteiger partial charge in [-0.3, -0.25) is 4.99 Å². The summed E-state index contributed by atoms with van der Waals surface area (Å²) in [6.45, 7) is 4.05. The van der Waals surface area contributed by atoms with Crippen molar-refractivity contribution in [2.24, 2.45) is 9.98 Å². The second-order valence-electron chi connectivity index (χ2n) is 4.12. The lowest BCUT2D eigenvalue weighted by Crippen LogP contribution is -2.31. The van der Waals surface area contributed by atoms with Crippen molar-refractivity contribution in [2.75, 3.05) is 35.2 Å². The molecule has 0 fully saturated rings. The summed E-state index contributed by atoms with van der Waals surface area (Å²) in [5, 5.41) is 3.21. The van der Waals surface area contributed by atoms with E-state index >= 15 is 0 Å². The molecule has 0 amide bonds. The van der Waals surface area contributed by atoms with Gasteiger partial charge in [-0.1, -0.05) is 6.92 Å². The van der Waals surface area contributed by atoms with Gasteiger partial charge in [0.25, 0.3) is 0 Å². The van der Waals surface area contributed by atoms with Gasteiger partial charge in [-0.15, -0.1) is 0 Å². The lowest BCUT2D eigenvalue weighted by atomic mass is 10.4. The molecule has 1 N–H and O–H groups in total. The molecule has 0 aromatic heterocycles. The SMILES string of the molecule is CC/C=C(\NC(=NC)/N=C(\C)N(C)C)N(C)C. The Labute approximate surface area is 105 Å². The number of nitrogens with zero attached hydrogens (tertiary/aromatic N) is 4. The number of hydrogen-bond acceptors (Lipinski definition) is 2. The first-order valence-corrected chi connectivity index (χ1v) is 5.76. The number of rotatable bonds is 3. The second kappa shape index (κ2) is 7.70. The molecule has 17 heavy (non-hydrogen) atoms. The molecule has 0 spiro atoms. The maximum atomic E-state index is 4.41. The predicted octanol–water partition coefficient (Wildman–Crippen LogP) is 1.35. The third-order valence-corrected chi connectivity index (χ3v) is 2.25. The minimum Gasteiger partial charge on any atom is -0.366 e. The normalized spacial score (nSPS) is 13.7. The highest BCUT2D eigenvalue weighted by molar-refractivity contribution is 5.95. The minimum absolute atomic E-state index is 0.615. The Morgan fingerprint density at radius 1 is 1.18 bits per heavy atom. The minimum atomic E-state index is 0.615. The Morgan fingerprint density at radius 2 is 1.76 bits per heavy atom. The monoisotopic (exact) mass is 239 g/mol. The zero-order valence-corrected chi connectivity index (χ0v) is 12.1. The summed E-state index contributed by atoms with van der Waals surface area (Å²) in [6.07, 6.45) is 3.07. The van der Waals surface area contributed by atoms with Gasteiger partial charge in [0.15, 0.2) is 0 Å². The standard InChI is InChI=1S/C12H25N5/c1-8-9-11(17(6)7)15-12(13-3)14-10(2)16(4)5/h9H,8H2,1-7H3,(H,13,15)/b11-9+,14-10+. The lowest BCUT2D eigenvalue weighted by Gasteiger charge is -2.19. The Kier molecular flexibility index (Phi) is 7.02. The number of nitrogens with one attached hydrogen (secondary N) is 1. The molecular formula is C12H25N5. The van der Waals surface area contributed by atoms with Crippen molar-refractivity contribution in [2.45, 2.75) is 20.3 Å². The smallest absolute Gasteiger partial charge is 0.225 e. The van der Waals surface area contributed by atoms with Crippen LogP contribution >= 0.6 is 0 Å². The summed E-state index contributed by atoms with van der Waals surface area (Å²) in [5.74, 6) is 2.53. The molecule has 0 saturated heterocycles. The van der Waals surface area contributed by atoms with E-state index in [1.165, 1.54) is 0 Å². The fourth-order valence-electron chi connectivity index (χ4n) is 1.04. The van der Waals surface area contributed by atoms with E-state index in [1.54, 1.807) is 7.05 Å². The predicted molar refractivity (Wildman–Crippen MR) is 75.4 cm³/mol. The second-order valence-corrected chi connectivity index (χ2v) is 4.12. The van der Waals surface area contributed by atoms with Gasteiger partial charge >= 0.3 is 0 Å². The lowest BCUT2D eigenvalue weighted by molar-refractivity contribution is 0.485. The molecule has 0 aromatic carbocycles. The van der Waals surface area contributed by atoms with Crippen LogP contribution in [0.5, 0.6) is 0 Å². The molecule has 0 saturated carbocycles. The van der Waals surface area contributed by atoms with Gasteiger partial charge in [0.05, 0.1) is 0 Å². The fourth-order valence-corrected chi connectivity index (χ4v) is 1.04. The Balaban J connectivity index is 4.83.